The molecule has 0 bridgehead atoms. The number of carbonyl (C=O) groups excluding carboxylic acids is 2. The first-order chi connectivity index (χ1) is 28.5. The highest BCUT2D eigenvalue weighted by molar-refractivity contribution is 14.1. The maximum atomic E-state index is 11.0. The van der Waals surface area contributed by atoms with Gasteiger partial charge >= 0.3 is 12.3 Å². The standard InChI is InChI=1S/C10H18O5.2C8H16N2S.C4H6Cl2.2C4H6I2.C4H10N2.2CH4/c1-9(2,3)14-7(11)13-8(12)15-10(4,5)6;2*11-5-6-3-9-7-1-2-8(7)10-4-6;3*1-4(2-5)3-6;5-3-1-2-4(3)6;;/h1-6H3;2*6-11H,1-5H2;3*1-3H2;3-4H,1-2,5-6H2;2*1H4/t;2*6?,7-,8+;;;;3-,4+;;. The summed E-state index contributed by atoms with van der Waals surface area (Å²) in [5.41, 5.74) is 12.9. The van der Waals surface area contributed by atoms with Gasteiger partial charge in [-0.25, -0.2) is 9.59 Å². The predicted molar refractivity (Wildman–Crippen MR) is 317 cm³/mol. The number of alkyl halides is 6. The number of halogens is 6. The number of allylic oxidation sites excluding steroid dienone is 3. The molecule has 8 atom stereocenters. The molecule has 0 aromatic heterocycles. The van der Waals surface area contributed by atoms with Crippen LogP contribution in [0.4, 0.5) is 9.59 Å². The van der Waals surface area contributed by atoms with Crippen molar-refractivity contribution in [1.29, 1.82) is 0 Å². The number of rotatable bonds is 8. The van der Waals surface area contributed by atoms with Gasteiger partial charge in [0.15, 0.2) is 0 Å². The van der Waals surface area contributed by atoms with Gasteiger partial charge < -0.3 is 46.9 Å². The van der Waals surface area contributed by atoms with E-state index in [1.54, 1.807) is 41.5 Å². The molecule has 5 aliphatic rings. The van der Waals surface area contributed by atoms with E-state index in [0.29, 0.717) is 23.8 Å². The Morgan fingerprint density at radius 2 is 0.825 bits per heavy atom. The molecule has 0 aromatic rings. The van der Waals surface area contributed by atoms with E-state index in [2.05, 4.69) is 161 Å². The summed E-state index contributed by atoms with van der Waals surface area (Å²) in [6.07, 6.45) is 5.57. The normalized spacial score (nSPS) is 24.8. The van der Waals surface area contributed by atoms with Crippen LogP contribution in [0, 0.1) is 11.8 Å². The van der Waals surface area contributed by atoms with E-state index in [4.69, 9.17) is 44.1 Å². The third-order valence-corrected chi connectivity index (χ3v) is 15.3. The highest BCUT2D eigenvalue weighted by atomic mass is 127. The number of hydrogen-bond acceptors (Lipinski definition) is 13. The average molecular weight is 1420 g/mol. The molecule has 0 radical (unpaired) electrons. The van der Waals surface area contributed by atoms with E-state index in [9.17, 15) is 9.59 Å². The zero-order valence-electron chi connectivity index (χ0n) is 37.3. The molecule has 0 aromatic carbocycles. The Balaban J connectivity index is -0.000000331. The third kappa shape index (κ3) is 39.3. The number of hydrogen-bond donors (Lipinski definition) is 8. The summed E-state index contributed by atoms with van der Waals surface area (Å²) in [6.45, 7) is 25.7. The molecule has 8 N–H and O–H groups in total. The molecule has 2 saturated heterocycles. The first kappa shape index (κ1) is 71.5. The van der Waals surface area contributed by atoms with Gasteiger partial charge in [-0.05, 0) is 109 Å². The number of thiol groups is 2. The number of nitrogens with one attached hydrogen (secondary N) is 4. The van der Waals surface area contributed by atoms with Gasteiger partial charge in [0, 0.05) is 91.9 Å². The molecular weight excluding hydrogens is 1340 g/mol. The monoisotopic (exact) mass is 1420 g/mol. The predicted octanol–water partition coefficient (Wildman–Crippen LogP) is 10.9. The molecule has 0 spiro atoms. The first-order valence-electron chi connectivity index (χ1n) is 20.7. The lowest BCUT2D eigenvalue weighted by atomic mass is 9.87. The van der Waals surface area contributed by atoms with Crippen molar-refractivity contribution in [2.75, 3.05) is 67.2 Å². The van der Waals surface area contributed by atoms with Gasteiger partial charge in [0.1, 0.15) is 11.2 Å². The lowest BCUT2D eigenvalue weighted by Gasteiger charge is -2.35. The minimum absolute atomic E-state index is 0. The van der Waals surface area contributed by atoms with Crippen molar-refractivity contribution in [3.05, 3.63) is 36.5 Å². The summed E-state index contributed by atoms with van der Waals surface area (Å²) in [5, 5.41) is 14.3. The van der Waals surface area contributed by atoms with Gasteiger partial charge in [-0.1, -0.05) is 136 Å². The zero-order valence-corrected chi connectivity index (χ0v) is 49.3. The van der Waals surface area contributed by atoms with Crippen molar-refractivity contribution in [3.63, 3.8) is 0 Å². The van der Waals surface area contributed by atoms with Crippen LogP contribution in [-0.2, 0) is 14.2 Å². The van der Waals surface area contributed by atoms with Crippen LogP contribution in [0.3, 0.4) is 0 Å². The van der Waals surface area contributed by atoms with E-state index in [1.807, 2.05) is 0 Å². The van der Waals surface area contributed by atoms with E-state index in [0.717, 1.165) is 110 Å². The van der Waals surface area contributed by atoms with Crippen molar-refractivity contribution in [2.45, 2.75) is 142 Å². The van der Waals surface area contributed by atoms with Crippen LogP contribution < -0.4 is 32.7 Å². The fraction of sp³-hybridized carbons (Fsp3) is 0.818. The van der Waals surface area contributed by atoms with Crippen LogP contribution in [0.15, 0.2) is 36.5 Å². The van der Waals surface area contributed by atoms with Crippen LogP contribution in [0.25, 0.3) is 0 Å². The fourth-order valence-electron chi connectivity index (χ4n) is 4.92. The van der Waals surface area contributed by atoms with E-state index in [1.165, 1.54) is 36.8 Å². The van der Waals surface area contributed by atoms with Gasteiger partial charge in [0.2, 0.25) is 0 Å². The second-order valence-electron chi connectivity index (χ2n) is 17.3. The van der Waals surface area contributed by atoms with Crippen molar-refractivity contribution >= 4 is 151 Å². The molecule has 3 saturated carbocycles. The zero-order chi connectivity index (χ0) is 47.2. The van der Waals surface area contributed by atoms with Gasteiger partial charge in [0.25, 0.3) is 0 Å². The molecule has 376 valence electrons. The molecule has 19 heteroatoms. The largest absolute Gasteiger partial charge is 0.519 e. The van der Waals surface area contributed by atoms with Crippen LogP contribution in [0.5, 0.6) is 0 Å². The number of ether oxygens (including phenoxy) is 3. The van der Waals surface area contributed by atoms with Crippen LogP contribution >= 0.6 is 139 Å². The Kier molecular flexibility index (Phi) is 47.3. The fourth-order valence-corrected chi connectivity index (χ4v) is 8.87. The van der Waals surface area contributed by atoms with Gasteiger partial charge in [-0.15, -0.1) is 23.2 Å². The van der Waals surface area contributed by atoms with Crippen molar-refractivity contribution in [1.82, 2.24) is 21.3 Å². The molecule has 2 aliphatic heterocycles. The summed E-state index contributed by atoms with van der Waals surface area (Å²) in [4.78, 5) is 22.0. The number of carbonyl (C=O) groups is 2. The van der Waals surface area contributed by atoms with Gasteiger partial charge in [0.05, 0.1) is 0 Å². The topological polar surface area (TPSA) is 162 Å². The van der Waals surface area contributed by atoms with Crippen molar-refractivity contribution in [3.8, 4) is 0 Å². The van der Waals surface area contributed by atoms with Gasteiger partial charge in [-0.3, -0.25) is 0 Å². The highest BCUT2D eigenvalue weighted by Crippen LogP contribution is 2.23. The molecule has 3 aliphatic carbocycles. The highest BCUT2D eigenvalue weighted by Gasteiger charge is 2.34. The van der Waals surface area contributed by atoms with E-state index in [-0.39, 0.29) is 14.9 Å². The molecule has 63 heavy (non-hydrogen) atoms. The smallest absolute Gasteiger partial charge is 0.428 e. The lowest BCUT2D eigenvalue weighted by molar-refractivity contribution is -0.0293. The number of nitrogens with two attached hydrogens (primary N) is 2. The Labute approximate surface area is 460 Å². The Bertz CT molecular complexity index is 1090. The summed E-state index contributed by atoms with van der Waals surface area (Å²) < 4.78 is 18.2. The van der Waals surface area contributed by atoms with Crippen LogP contribution in [0.2, 0.25) is 0 Å². The lowest BCUT2D eigenvalue weighted by Crippen LogP contribution is -2.52. The minimum Gasteiger partial charge on any atom is -0.428 e. The third-order valence-electron chi connectivity index (χ3n) is 9.20. The maximum Gasteiger partial charge on any atom is 0.519 e. The SMILES string of the molecule is C.C.C=C(CCl)CCl.C=C(CI)CI.C=C(CI)CI.CC(C)(C)OC(=O)OC(=O)OC(C)(C)C.N[C@@H]1CC[C@@H]1N.SCC1CN[C@H]2CC[C@H]2NC1.SCC1CN[C@H]2CC[C@H]2NC1. The van der Waals surface area contributed by atoms with E-state index >= 15 is 0 Å². The molecule has 5 rings (SSSR count). The second kappa shape index (κ2) is 41.7. The van der Waals surface area contributed by atoms with Crippen molar-refractivity contribution < 1.29 is 23.8 Å². The molecule has 2 heterocycles. The Hall–Kier alpha value is 1.92. The average Bonchev–Trinajstić information content (AvgIpc) is 3.43. The summed E-state index contributed by atoms with van der Waals surface area (Å²) in [7, 11) is 0. The van der Waals surface area contributed by atoms with E-state index < -0.39 is 23.5 Å². The molecule has 2 unspecified atom stereocenters. The van der Waals surface area contributed by atoms with Gasteiger partial charge in [-0.2, -0.15) is 25.3 Å². The summed E-state index contributed by atoms with van der Waals surface area (Å²) in [5.74, 6) is 4.40. The molecule has 5 fully saturated rings. The number of fused-ring (bicyclic) bond motifs is 2. The van der Waals surface area contributed by atoms with Crippen LogP contribution in [0.1, 0.15) is 94.9 Å². The Morgan fingerprint density at radius 3 is 0.937 bits per heavy atom. The quantitative estimate of drug-likeness (QED) is 0.0292. The maximum absolute atomic E-state index is 11.0. The minimum atomic E-state index is -1.06. The Morgan fingerprint density at radius 1 is 0.571 bits per heavy atom. The second-order valence-corrected chi connectivity index (χ2v) is 21.6. The first-order valence-corrected chi connectivity index (χ1v) is 29.1. The van der Waals surface area contributed by atoms with Crippen molar-refractivity contribution in [2.24, 2.45) is 23.3 Å². The summed E-state index contributed by atoms with van der Waals surface area (Å²) in [6, 6.07) is 3.68. The molecule has 0 amide bonds. The molecule has 11 nitrogen and oxygen atoms in total. The molecular formula is C44H86Cl2I4N6O5S2. The van der Waals surface area contributed by atoms with Crippen LogP contribution in [-0.4, -0.2) is 127 Å². The summed E-state index contributed by atoms with van der Waals surface area (Å²) >= 11 is 28.4.